The zero-order valence-corrected chi connectivity index (χ0v) is 10.8. The van der Waals surface area contributed by atoms with E-state index in [2.05, 4.69) is 29.2 Å². The summed E-state index contributed by atoms with van der Waals surface area (Å²) in [5.74, 6) is 0.322. The predicted octanol–water partition coefficient (Wildman–Crippen LogP) is 2.45. The molecular weight excluding hydrogens is 236 g/mol. The Morgan fingerprint density at radius 3 is 2.63 bits per heavy atom. The minimum atomic E-state index is 0.0323. The molecule has 3 nitrogen and oxygen atoms in total. The highest BCUT2D eigenvalue weighted by molar-refractivity contribution is 5.60. The van der Waals surface area contributed by atoms with Crippen molar-refractivity contribution in [2.24, 2.45) is 5.73 Å². The van der Waals surface area contributed by atoms with Gasteiger partial charge in [-0.3, -0.25) is 0 Å². The summed E-state index contributed by atoms with van der Waals surface area (Å²) in [5.41, 5.74) is 9.46. The number of hydrogen-bond acceptors (Lipinski definition) is 3. The van der Waals surface area contributed by atoms with Crippen LogP contribution in [0.4, 0.5) is 5.69 Å². The molecule has 0 aromatic heterocycles. The van der Waals surface area contributed by atoms with Crippen LogP contribution in [-0.2, 0) is 6.42 Å². The molecule has 3 rings (SSSR count). The second-order valence-corrected chi connectivity index (χ2v) is 4.88. The first-order chi connectivity index (χ1) is 9.31. The van der Waals surface area contributed by atoms with Crippen molar-refractivity contribution < 1.29 is 5.11 Å². The van der Waals surface area contributed by atoms with E-state index >= 15 is 0 Å². The van der Waals surface area contributed by atoms with Crippen LogP contribution in [0.25, 0.3) is 0 Å². The minimum Gasteiger partial charge on any atom is -0.508 e. The van der Waals surface area contributed by atoms with Crippen molar-refractivity contribution in [2.75, 3.05) is 18.0 Å². The van der Waals surface area contributed by atoms with Gasteiger partial charge in [0.05, 0.1) is 6.04 Å². The first kappa shape index (κ1) is 12.1. The van der Waals surface area contributed by atoms with Crippen LogP contribution in [-0.4, -0.2) is 18.2 Å². The lowest BCUT2D eigenvalue weighted by Crippen LogP contribution is -2.32. The Balaban J connectivity index is 1.99. The normalized spacial score (nSPS) is 15.3. The van der Waals surface area contributed by atoms with Gasteiger partial charge >= 0.3 is 0 Å². The largest absolute Gasteiger partial charge is 0.508 e. The third kappa shape index (κ3) is 2.06. The molecule has 0 radical (unpaired) electrons. The summed E-state index contributed by atoms with van der Waals surface area (Å²) in [5, 5.41) is 10.0. The van der Waals surface area contributed by atoms with Gasteiger partial charge in [-0.1, -0.05) is 36.4 Å². The fraction of sp³-hybridized carbons (Fsp3) is 0.250. The molecule has 2 aromatic rings. The van der Waals surface area contributed by atoms with Crippen LogP contribution in [0.3, 0.4) is 0 Å². The average molecular weight is 254 g/mol. The Hall–Kier alpha value is -2.00. The topological polar surface area (TPSA) is 49.5 Å². The molecule has 3 heteroatoms. The van der Waals surface area contributed by atoms with Crippen molar-refractivity contribution in [3.63, 3.8) is 0 Å². The SMILES string of the molecule is NCC(c1ccccc1O)N1CCc2ccccc21. The molecule has 0 aliphatic carbocycles. The van der Waals surface area contributed by atoms with Crippen LogP contribution in [0.15, 0.2) is 48.5 Å². The molecule has 2 aromatic carbocycles. The molecule has 98 valence electrons. The molecule has 0 saturated heterocycles. The summed E-state index contributed by atoms with van der Waals surface area (Å²) in [6.07, 6.45) is 1.04. The lowest BCUT2D eigenvalue weighted by molar-refractivity contribution is 0.459. The number of hydrogen-bond donors (Lipinski definition) is 2. The molecule has 1 unspecified atom stereocenters. The lowest BCUT2D eigenvalue weighted by Gasteiger charge is -2.30. The molecule has 0 bridgehead atoms. The molecule has 1 aliphatic rings. The van der Waals surface area contributed by atoms with Crippen molar-refractivity contribution in [1.29, 1.82) is 0 Å². The highest BCUT2D eigenvalue weighted by Gasteiger charge is 2.27. The molecule has 1 atom stereocenters. The van der Waals surface area contributed by atoms with Gasteiger partial charge in [0.25, 0.3) is 0 Å². The maximum absolute atomic E-state index is 10.0. The predicted molar refractivity (Wildman–Crippen MR) is 77.4 cm³/mol. The molecule has 3 N–H and O–H groups in total. The number of nitrogens with zero attached hydrogens (tertiary/aromatic N) is 1. The second-order valence-electron chi connectivity index (χ2n) is 4.88. The number of rotatable bonds is 3. The summed E-state index contributed by atoms with van der Waals surface area (Å²) >= 11 is 0. The number of phenolic OH excluding ortho intramolecular Hbond substituents is 1. The minimum absolute atomic E-state index is 0.0323. The van der Waals surface area contributed by atoms with Crippen molar-refractivity contribution in [3.8, 4) is 5.75 Å². The Kier molecular flexibility index (Phi) is 3.13. The fourth-order valence-electron chi connectivity index (χ4n) is 2.88. The third-order valence-corrected chi connectivity index (χ3v) is 3.82. The molecule has 1 aliphatic heterocycles. The van der Waals surface area contributed by atoms with E-state index < -0.39 is 0 Å². The lowest BCUT2D eigenvalue weighted by atomic mass is 10.0. The van der Waals surface area contributed by atoms with Gasteiger partial charge in [0.2, 0.25) is 0 Å². The van der Waals surface area contributed by atoms with E-state index in [0.717, 1.165) is 18.5 Å². The molecule has 0 saturated carbocycles. The average Bonchev–Trinajstić information content (AvgIpc) is 2.86. The van der Waals surface area contributed by atoms with Gasteiger partial charge in [0, 0.05) is 24.3 Å². The van der Waals surface area contributed by atoms with Gasteiger partial charge in [-0.15, -0.1) is 0 Å². The Morgan fingerprint density at radius 2 is 1.84 bits per heavy atom. The number of fused-ring (bicyclic) bond motifs is 1. The van der Waals surface area contributed by atoms with Crippen LogP contribution >= 0.6 is 0 Å². The third-order valence-electron chi connectivity index (χ3n) is 3.82. The maximum atomic E-state index is 10.0. The van der Waals surface area contributed by atoms with Gasteiger partial charge in [-0.05, 0) is 24.1 Å². The number of phenols is 1. The first-order valence-electron chi connectivity index (χ1n) is 6.64. The van der Waals surface area contributed by atoms with E-state index in [-0.39, 0.29) is 6.04 Å². The monoisotopic (exact) mass is 254 g/mol. The van der Waals surface area contributed by atoms with Crippen molar-refractivity contribution in [2.45, 2.75) is 12.5 Å². The molecule has 0 spiro atoms. The molecule has 1 heterocycles. The highest BCUT2D eigenvalue weighted by atomic mass is 16.3. The Labute approximate surface area is 113 Å². The second kappa shape index (κ2) is 4.94. The van der Waals surface area contributed by atoms with Crippen LogP contribution < -0.4 is 10.6 Å². The first-order valence-corrected chi connectivity index (χ1v) is 6.64. The number of benzene rings is 2. The van der Waals surface area contributed by atoms with E-state index in [1.807, 2.05) is 18.2 Å². The number of para-hydroxylation sites is 2. The van der Waals surface area contributed by atoms with Crippen LogP contribution in [0.2, 0.25) is 0 Å². The quantitative estimate of drug-likeness (QED) is 0.884. The fourth-order valence-corrected chi connectivity index (χ4v) is 2.88. The standard InChI is InChI=1S/C16H18N2O/c17-11-15(13-6-2-4-8-16(13)19)18-10-9-12-5-1-3-7-14(12)18/h1-8,15,19H,9-11,17H2. The van der Waals surface area contributed by atoms with Crippen LogP contribution in [0.1, 0.15) is 17.2 Å². The van der Waals surface area contributed by atoms with E-state index in [4.69, 9.17) is 5.73 Å². The number of nitrogens with two attached hydrogens (primary N) is 1. The van der Waals surface area contributed by atoms with Crippen molar-refractivity contribution >= 4 is 5.69 Å². The highest BCUT2D eigenvalue weighted by Crippen LogP contribution is 2.36. The number of aromatic hydroxyl groups is 1. The van der Waals surface area contributed by atoms with Gasteiger partial charge in [0.1, 0.15) is 5.75 Å². The van der Waals surface area contributed by atoms with Crippen LogP contribution in [0, 0.1) is 0 Å². The molecular formula is C16H18N2O. The smallest absolute Gasteiger partial charge is 0.120 e. The van der Waals surface area contributed by atoms with Crippen LogP contribution in [0.5, 0.6) is 5.75 Å². The van der Waals surface area contributed by atoms with Gasteiger partial charge in [-0.25, -0.2) is 0 Å². The number of anilines is 1. The summed E-state index contributed by atoms with van der Waals surface area (Å²) in [7, 11) is 0. The zero-order chi connectivity index (χ0) is 13.2. The molecule has 19 heavy (non-hydrogen) atoms. The van der Waals surface area contributed by atoms with Gasteiger partial charge in [-0.2, -0.15) is 0 Å². The summed E-state index contributed by atoms with van der Waals surface area (Å²) in [6, 6.07) is 15.9. The van der Waals surface area contributed by atoms with Gasteiger partial charge < -0.3 is 15.7 Å². The Bertz CT molecular complexity index is 582. The van der Waals surface area contributed by atoms with E-state index in [1.54, 1.807) is 6.07 Å². The van der Waals surface area contributed by atoms with Crippen molar-refractivity contribution in [3.05, 3.63) is 59.7 Å². The summed E-state index contributed by atoms with van der Waals surface area (Å²) in [6.45, 7) is 1.45. The zero-order valence-electron chi connectivity index (χ0n) is 10.8. The Morgan fingerprint density at radius 1 is 1.11 bits per heavy atom. The summed E-state index contributed by atoms with van der Waals surface area (Å²) < 4.78 is 0. The summed E-state index contributed by atoms with van der Waals surface area (Å²) in [4.78, 5) is 2.30. The maximum Gasteiger partial charge on any atom is 0.120 e. The van der Waals surface area contributed by atoms with Crippen molar-refractivity contribution in [1.82, 2.24) is 0 Å². The van der Waals surface area contributed by atoms with Gasteiger partial charge in [0.15, 0.2) is 0 Å². The van der Waals surface area contributed by atoms with E-state index in [9.17, 15) is 5.11 Å². The van der Waals surface area contributed by atoms with E-state index in [1.165, 1.54) is 11.3 Å². The molecule has 0 amide bonds. The molecule has 0 fully saturated rings. The van der Waals surface area contributed by atoms with E-state index in [0.29, 0.717) is 12.3 Å².